The first-order chi connectivity index (χ1) is 6.62. The van der Waals surface area contributed by atoms with Crippen LogP contribution in [-0.2, 0) is 19.0 Å². The third kappa shape index (κ3) is 2.34. The van der Waals surface area contributed by atoms with Gasteiger partial charge in [0.25, 0.3) is 0 Å². The second kappa shape index (κ2) is 4.26. The highest BCUT2D eigenvalue weighted by atomic mass is 19.1. The zero-order chi connectivity index (χ0) is 10.6. The lowest BCUT2D eigenvalue weighted by Crippen LogP contribution is -2.45. The number of ether oxygens (including phenoxy) is 3. The van der Waals surface area contributed by atoms with Crippen LogP contribution in [0.5, 0.6) is 0 Å². The first-order valence-corrected chi connectivity index (χ1v) is 4.10. The molecule has 1 aliphatic rings. The molecule has 0 aliphatic carbocycles. The molecular weight excluding hydrogens is 195 g/mol. The Morgan fingerprint density at radius 2 is 2.43 bits per heavy atom. The molecule has 80 valence electrons. The van der Waals surface area contributed by atoms with Crippen LogP contribution in [0.2, 0.25) is 0 Å². The highest BCUT2D eigenvalue weighted by Crippen LogP contribution is 2.26. The van der Waals surface area contributed by atoms with Gasteiger partial charge in [0.05, 0.1) is 20.1 Å². The largest absolute Gasteiger partial charge is 0.508 e. The van der Waals surface area contributed by atoms with Crippen molar-refractivity contribution in [1.29, 1.82) is 0 Å². The van der Waals surface area contributed by atoms with Gasteiger partial charge < -0.3 is 14.2 Å². The SMILES string of the molecule is COC(=O)CC1(CF)CCOC(=O)O1. The normalized spacial score (nSPS) is 26.3. The van der Waals surface area contributed by atoms with E-state index < -0.39 is 24.4 Å². The van der Waals surface area contributed by atoms with E-state index in [1.807, 2.05) is 0 Å². The molecule has 0 N–H and O–H groups in total. The van der Waals surface area contributed by atoms with Crippen molar-refractivity contribution < 1.29 is 28.2 Å². The van der Waals surface area contributed by atoms with Crippen molar-refractivity contribution in [3.8, 4) is 0 Å². The smallest absolute Gasteiger partial charge is 0.469 e. The number of carbonyl (C=O) groups is 2. The number of halogens is 1. The molecule has 1 fully saturated rings. The quantitative estimate of drug-likeness (QED) is 0.639. The summed E-state index contributed by atoms with van der Waals surface area (Å²) in [6.45, 7) is -0.864. The van der Waals surface area contributed by atoms with E-state index in [2.05, 4.69) is 14.2 Å². The second-order valence-corrected chi connectivity index (χ2v) is 3.02. The Kier molecular flexibility index (Phi) is 3.27. The standard InChI is InChI=1S/C8H11FO5/c1-12-6(10)4-8(5-9)2-3-13-7(11)14-8/h2-5H2,1H3. The number of methoxy groups -OCH3 is 1. The molecule has 0 aromatic rings. The molecule has 0 aromatic carbocycles. The monoisotopic (exact) mass is 206 g/mol. The van der Waals surface area contributed by atoms with Gasteiger partial charge >= 0.3 is 12.1 Å². The molecule has 0 saturated carbocycles. The van der Waals surface area contributed by atoms with Gasteiger partial charge in [0, 0.05) is 6.42 Å². The van der Waals surface area contributed by atoms with Gasteiger partial charge in [-0.25, -0.2) is 9.18 Å². The lowest BCUT2D eigenvalue weighted by Gasteiger charge is -2.32. The Morgan fingerprint density at radius 1 is 1.71 bits per heavy atom. The van der Waals surface area contributed by atoms with E-state index in [9.17, 15) is 14.0 Å². The summed E-state index contributed by atoms with van der Waals surface area (Å²) in [5.41, 5.74) is -1.40. The number of esters is 1. The van der Waals surface area contributed by atoms with Gasteiger partial charge in [-0.1, -0.05) is 0 Å². The Balaban J connectivity index is 2.64. The minimum absolute atomic E-state index is 0.0553. The van der Waals surface area contributed by atoms with E-state index in [1.165, 1.54) is 7.11 Å². The highest BCUT2D eigenvalue weighted by Gasteiger charge is 2.41. The van der Waals surface area contributed by atoms with Crippen molar-refractivity contribution in [3.63, 3.8) is 0 Å². The van der Waals surface area contributed by atoms with Gasteiger partial charge in [0.15, 0.2) is 5.60 Å². The molecule has 1 aliphatic heterocycles. The van der Waals surface area contributed by atoms with Gasteiger partial charge in [-0.2, -0.15) is 0 Å². The molecule has 1 atom stereocenters. The number of cyclic esters (lactones) is 2. The Morgan fingerprint density at radius 3 is 2.93 bits per heavy atom. The van der Waals surface area contributed by atoms with E-state index in [0.717, 1.165) is 0 Å². The summed E-state index contributed by atoms with van der Waals surface area (Å²) in [6, 6.07) is 0. The van der Waals surface area contributed by atoms with E-state index in [1.54, 1.807) is 0 Å². The van der Waals surface area contributed by atoms with E-state index in [-0.39, 0.29) is 19.4 Å². The first kappa shape index (κ1) is 10.7. The topological polar surface area (TPSA) is 61.8 Å². The Labute approximate surface area is 80.1 Å². The predicted octanol–water partition coefficient (Wildman–Crippen LogP) is 0.815. The molecule has 0 spiro atoms. The van der Waals surface area contributed by atoms with Crippen LogP contribution < -0.4 is 0 Å². The van der Waals surface area contributed by atoms with Crippen LogP contribution >= 0.6 is 0 Å². The molecule has 0 bridgehead atoms. The van der Waals surface area contributed by atoms with Gasteiger partial charge in [-0.15, -0.1) is 0 Å². The summed E-state index contributed by atoms with van der Waals surface area (Å²) in [5, 5.41) is 0. The van der Waals surface area contributed by atoms with Crippen LogP contribution in [0, 0.1) is 0 Å². The summed E-state index contributed by atoms with van der Waals surface area (Å²) in [7, 11) is 1.19. The third-order valence-electron chi connectivity index (χ3n) is 2.02. The molecule has 5 nitrogen and oxygen atoms in total. The number of alkyl halides is 1. The molecule has 0 aromatic heterocycles. The highest BCUT2D eigenvalue weighted by molar-refractivity contribution is 5.71. The second-order valence-electron chi connectivity index (χ2n) is 3.02. The molecule has 1 rings (SSSR count). The summed E-state index contributed by atoms with van der Waals surface area (Å²) in [4.78, 5) is 21.7. The molecule has 6 heteroatoms. The average Bonchev–Trinajstić information content (AvgIpc) is 2.17. The van der Waals surface area contributed by atoms with Crippen molar-refractivity contribution in [2.75, 3.05) is 20.4 Å². The van der Waals surface area contributed by atoms with Gasteiger partial charge in [-0.05, 0) is 0 Å². The maximum absolute atomic E-state index is 12.7. The predicted molar refractivity (Wildman–Crippen MR) is 42.4 cm³/mol. The van der Waals surface area contributed by atoms with Crippen LogP contribution in [0.1, 0.15) is 12.8 Å². The van der Waals surface area contributed by atoms with E-state index in [0.29, 0.717) is 0 Å². The van der Waals surface area contributed by atoms with Gasteiger partial charge in [0.1, 0.15) is 6.67 Å². The molecule has 1 unspecified atom stereocenters. The zero-order valence-corrected chi connectivity index (χ0v) is 7.75. The van der Waals surface area contributed by atoms with Crippen molar-refractivity contribution in [1.82, 2.24) is 0 Å². The number of rotatable bonds is 3. The van der Waals surface area contributed by atoms with Crippen molar-refractivity contribution in [2.24, 2.45) is 0 Å². The van der Waals surface area contributed by atoms with E-state index >= 15 is 0 Å². The third-order valence-corrected chi connectivity index (χ3v) is 2.02. The van der Waals surface area contributed by atoms with Crippen LogP contribution in [0.15, 0.2) is 0 Å². The van der Waals surface area contributed by atoms with Crippen LogP contribution in [-0.4, -0.2) is 38.1 Å². The Hall–Kier alpha value is -1.33. The number of carbonyl (C=O) groups excluding carboxylic acids is 2. The Bertz CT molecular complexity index is 242. The summed E-state index contributed by atoms with van der Waals surface area (Å²) in [5.74, 6) is -0.614. The maximum atomic E-state index is 12.7. The first-order valence-electron chi connectivity index (χ1n) is 4.10. The van der Waals surface area contributed by atoms with Gasteiger partial charge in [0.2, 0.25) is 0 Å². The molecule has 0 radical (unpaired) electrons. The molecule has 1 saturated heterocycles. The van der Waals surface area contributed by atoms with E-state index in [4.69, 9.17) is 0 Å². The number of hydrogen-bond acceptors (Lipinski definition) is 5. The molecule has 0 amide bonds. The summed E-state index contributed by atoms with van der Waals surface area (Å²) < 4.78 is 26.2. The van der Waals surface area contributed by atoms with Gasteiger partial charge in [-0.3, -0.25) is 4.79 Å². The number of hydrogen-bond donors (Lipinski definition) is 0. The minimum atomic E-state index is -1.40. The maximum Gasteiger partial charge on any atom is 0.508 e. The molecular formula is C8H11FO5. The zero-order valence-electron chi connectivity index (χ0n) is 7.75. The molecule has 14 heavy (non-hydrogen) atoms. The lowest BCUT2D eigenvalue weighted by molar-refractivity contribution is -0.153. The summed E-state index contributed by atoms with van der Waals surface area (Å²) in [6.07, 6.45) is -1.07. The average molecular weight is 206 g/mol. The fourth-order valence-corrected chi connectivity index (χ4v) is 1.18. The van der Waals surface area contributed by atoms with Crippen molar-refractivity contribution in [2.45, 2.75) is 18.4 Å². The minimum Gasteiger partial charge on any atom is -0.469 e. The summed E-state index contributed by atoms with van der Waals surface area (Å²) >= 11 is 0. The fraction of sp³-hybridized carbons (Fsp3) is 0.750. The van der Waals surface area contributed by atoms with Crippen molar-refractivity contribution in [3.05, 3.63) is 0 Å². The fourth-order valence-electron chi connectivity index (χ4n) is 1.18. The van der Waals surface area contributed by atoms with Crippen LogP contribution in [0.3, 0.4) is 0 Å². The molecule has 1 heterocycles. The lowest BCUT2D eigenvalue weighted by atomic mass is 9.97. The van der Waals surface area contributed by atoms with Crippen molar-refractivity contribution >= 4 is 12.1 Å². The van der Waals surface area contributed by atoms with Crippen LogP contribution in [0.4, 0.5) is 9.18 Å². The van der Waals surface area contributed by atoms with Crippen LogP contribution in [0.25, 0.3) is 0 Å².